The fraction of sp³-hybridized carbons (Fsp3) is 0.185. The summed E-state index contributed by atoms with van der Waals surface area (Å²) in [6, 6.07) is 19.1. The number of Topliss-reactive ketones (excluding diaryl/α,β-unsaturated/α-hetero) is 1. The number of aliphatic hydroxyl groups excluding tert-OH is 1. The number of rotatable bonds is 5. The number of benzene rings is 3. The lowest BCUT2D eigenvalue weighted by Crippen LogP contribution is -2.30. The number of ketones is 1. The largest absolute Gasteiger partial charge is 0.507 e. The van der Waals surface area contributed by atoms with E-state index in [4.69, 9.17) is 9.47 Å². The van der Waals surface area contributed by atoms with Crippen molar-refractivity contribution in [2.75, 3.05) is 19.1 Å². The van der Waals surface area contributed by atoms with Gasteiger partial charge < -0.3 is 14.6 Å². The molecule has 1 unspecified atom stereocenters. The number of anilines is 1. The fourth-order valence-corrected chi connectivity index (χ4v) is 4.15. The topological polar surface area (TPSA) is 76.1 Å². The van der Waals surface area contributed by atoms with Crippen LogP contribution in [0.5, 0.6) is 11.5 Å². The Morgan fingerprint density at radius 3 is 2.30 bits per heavy atom. The molecule has 3 aromatic rings. The van der Waals surface area contributed by atoms with Crippen LogP contribution < -0.4 is 14.4 Å². The predicted octanol–water partition coefficient (Wildman–Crippen LogP) is 4.95. The summed E-state index contributed by atoms with van der Waals surface area (Å²) in [6.07, 6.45) is 0. The Bertz CT molecular complexity index is 1260. The zero-order chi connectivity index (χ0) is 23.7. The van der Waals surface area contributed by atoms with Gasteiger partial charge >= 0.3 is 0 Å². The summed E-state index contributed by atoms with van der Waals surface area (Å²) in [6.45, 7) is 3.82. The molecule has 0 aromatic heterocycles. The molecule has 1 amide bonds. The number of carbonyl (C=O) groups excluding carboxylic acids is 2. The van der Waals surface area contributed by atoms with Crippen LogP contribution in [0.3, 0.4) is 0 Å². The fourth-order valence-electron chi connectivity index (χ4n) is 4.15. The molecule has 6 nitrogen and oxygen atoms in total. The van der Waals surface area contributed by atoms with E-state index in [1.54, 1.807) is 18.2 Å². The average Bonchev–Trinajstić information content (AvgIpc) is 3.10. The number of amides is 1. The molecule has 33 heavy (non-hydrogen) atoms. The Balaban J connectivity index is 2.01. The lowest BCUT2D eigenvalue weighted by molar-refractivity contribution is -0.132. The van der Waals surface area contributed by atoms with E-state index in [0.717, 1.165) is 11.1 Å². The van der Waals surface area contributed by atoms with Crippen molar-refractivity contribution in [1.82, 2.24) is 0 Å². The van der Waals surface area contributed by atoms with Crippen molar-refractivity contribution in [1.29, 1.82) is 0 Å². The van der Waals surface area contributed by atoms with Gasteiger partial charge in [-0.1, -0.05) is 42.5 Å². The number of hydrogen-bond acceptors (Lipinski definition) is 5. The van der Waals surface area contributed by atoms with Crippen LogP contribution in [0.25, 0.3) is 5.76 Å². The zero-order valence-electron chi connectivity index (χ0n) is 19.0. The molecule has 1 heterocycles. The van der Waals surface area contributed by atoms with E-state index in [1.807, 2.05) is 62.4 Å². The number of hydrogen-bond donors (Lipinski definition) is 1. The molecule has 0 bridgehead atoms. The number of aliphatic hydroxyl groups is 1. The number of carbonyl (C=O) groups is 2. The highest BCUT2D eigenvalue weighted by Gasteiger charge is 2.47. The van der Waals surface area contributed by atoms with Crippen LogP contribution in [0, 0.1) is 13.8 Å². The van der Waals surface area contributed by atoms with Gasteiger partial charge in [-0.05, 0) is 54.8 Å². The van der Waals surface area contributed by atoms with Crippen molar-refractivity contribution < 1.29 is 24.2 Å². The van der Waals surface area contributed by atoms with Gasteiger partial charge in [-0.3, -0.25) is 14.5 Å². The molecule has 4 rings (SSSR count). The summed E-state index contributed by atoms with van der Waals surface area (Å²) < 4.78 is 10.7. The van der Waals surface area contributed by atoms with Gasteiger partial charge in [-0.2, -0.15) is 0 Å². The van der Waals surface area contributed by atoms with Crippen LogP contribution in [0.1, 0.15) is 28.3 Å². The van der Waals surface area contributed by atoms with Crippen LogP contribution in [0.4, 0.5) is 5.69 Å². The molecule has 1 atom stereocenters. The number of aryl methyl sites for hydroxylation is 2. The molecule has 6 heteroatoms. The number of methoxy groups -OCH3 is 2. The van der Waals surface area contributed by atoms with Crippen molar-refractivity contribution in [3.05, 3.63) is 94.6 Å². The van der Waals surface area contributed by atoms with E-state index in [-0.39, 0.29) is 16.9 Å². The summed E-state index contributed by atoms with van der Waals surface area (Å²) in [5.41, 5.74) is 3.42. The summed E-state index contributed by atoms with van der Waals surface area (Å²) in [5.74, 6) is -0.922. The maximum atomic E-state index is 13.4. The molecule has 0 aliphatic carbocycles. The maximum absolute atomic E-state index is 13.4. The van der Waals surface area contributed by atoms with Crippen molar-refractivity contribution >= 4 is 23.1 Å². The smallest absolute Gasteiger partial charge is 0.300 e. The molecule has 0 spiro atoms. The van der Waals surface area contributed by atoms with E-state index in [9.17, 15) is 14.7 Å². The van der Waals surface area contributed by atoms with E-state index >= 15 is 0 Å². The van der Waals surface area contributed by atoms with Crippen LogP contribution in [-0.2, 0) is 9.59 Å². The van der Waals surface area contributed by atoms with Crippen LogP contribution in [0.15, 0.2) is 72.3 Å². The molecule has 3 aromatic carbocycles. The monoisotopic (exact) mass is 443 g/mol. The minimum absolute atomic E-state index is 0.00124. The highest BCUT2D eigenvalue weighted by atomic mass is 16.5. The Morgan fingerprint density at radius 2 is 1.64 bits per heavy atom. The second-order valence-electron chi connectivity index (χ2n) is 7.94. The number of ether oxygens (including phenoxy) is 2. The van der Waals surface area contributed by atoms with Gasteiger partial charge in [0.15, 0.2) is 0 Å². The number of nitrogens with zero attached hydrogens (tertiary/aromatic N) is 1. The third kappa shape index (κ3) is 3.84. The standard InChI is InChI=1S/C27H25NO5/c1-16-10-11-17(2)21(14-16)28-24(18-8-6-5-7-9-18)23(26(30)27(28)31)25(29)20-15-19(32-3)12-13-22(20)33-4/h5-15,24,29H,1-4H3/b25-23+. The van der Waals surface area contributed by atoms with Crippen molar-refractivity contribution in [2.24, 2.45) is 0 Å². The SMILES string of the molecule is COc1ccc(OC)c(/C(O)=C2\C(=O)C(=O)N(c3cc(C)ccc3C)C2c2ccccc2)c1. The molecule has 0 saturated carbocycles. The molecule has 1 fully saturated rings. The van der Waals surface area contributed by atoms with Gasteiger partial charge in [0.2, 0.25) is 0 Å². The van der Waals surface area contributed by atoms with E-state index in [2.05, 4.69) is 0 Å². The molecular weight excluding hydrogens is 418 g/mol. The average molecular weight is 443 g/mol. The minimum atomic E-state index is -0.803. The van der Waals surface area contributed by atoms with Crippen LogP contribution >= 0.6 is 0 Å². The molecule has 168 valence electrons. The first-order valence-corrected chi connectivity index (χ1v) is 10.5. The van der Waals surface area contributed by atoms with Crippen LogP contribution in [0.2, 0.25) is 0 Å². The second-order valence-corrected chi connectivity index (χ2v) is 7.94. The normalized spacial score (nSPS) is 17.3. The van der Waals surface area contributed by atoms with E-state index in [0.29, 0.717) is 22.7 Å². The van der Waals surface area contributed by atoms with Gasteiger partial charge in [0.05, 0.1) is 31.4 Å². The highest BCUT2D eigenvalue weighted by molar-refractivity contribution is 6.51. The van der Waals surface area contributed by atoms with E-state index < -0.39 is 17.7 Å². The summed E-state index contributed by atoms with van der Waals surface area (Å²) >= 11 is 0. The van der Waals surface area contributed by atoms with Crippen molar-refractivity contribution in [2.45, 2.75) is 19.9 Å². The van der Waals surface area contributed by atoms with Gasteiger partial charge in [-0.25, -0.2) is 0 Å². The Kier molecular flexibility index (Phi) is 5.92. The summed E-state index contributed by atoms with van der Waals surface area (Å²) in [4.78, 5) is 28.2. The predicted molar refractivity (Wildman–Crippen MR) is 127 cm³/mol. The first-order chi connectivity index (χ1) is 15.9. The van der Waals surface area contributed by atoms with Gasteiger partial charge in [0.1, 0.15) is 17.3 Å². The van der Waals surface area contributed by atoms with Gasteiger partial charge in [0, 0.05) is 5.69 Å². The minimum Gasteiger partial charge on any atom is -0.507 e. The molecule has 1 N–H and O–H groups in total. The first-order valence-electron chi connectivity index (χ1n) is 10.5. The molecule has 1 saturated heterocycles. The lowest BCUT2D eigenvalue weighted by atomic mass is 9.94. The van der Waals surface area contributed by atoms with Crippen molar-refractivity contribution in [3.63, 3.8) is 0 Å². The third-order valence-electron chi connectivity index (χ3n) is 5.85. The molecule has 1 aliphatic heterocycles. The Morgan fingerprint density at radius 1 is 0.909 bits per heavy atom. The van der Waals surface area contributed by atoms with Crippen LogP contribution in [-0.4, -0.2) is 31.0 Å². The third-order valence-corrected chi connectivity index (χ3v) is 5.85. The summed E-state index contributed by atoms with van der Waals surface area (Å²) in [7, 11) is 2.98. The Labute approximate surface area is 192 Å². The van der Waals surface area contributed by atoms with Gasteiger partial charge in [-0.15, -0.1) is 0 Å². The van der Waals surface area contributed by atoms with Crippen molar-refractivity contribution in [3.8, 4) is 11.5 Å². The van der Waals surface area contributed by atoms with Gasteiger partial charge in [0.25, 0.3) is 11.7 Å². The maximum Gasteiger partial charge on any atom is 0.300 e. The quantitative estimate of drug-likeness (QED) is 0.343. The summed E-state index contributed by atoms with van der Waals surface area (Å²) in [5, 5.41) is 11.4. The molecular formula is C27H25NO5. The Hall–Kier alpha value is -4.06. The second kappa shape index (κ2) is 8.82. The van der Waals surface area contributed by atoms with E-state index in [1.165, 1.54) is 19.1 Å². The molecule has 0 radical (unpaired) electrons. The molecule has 1 aliphatic rings. The lowest BCUT2D eigenvalue weighted by Gasteiger charge is -2.27. The first kappa shape index (κ1) is 22.1. The highest BCUT2D eigenvalue weighted by Crippen LogP contribution is 2.44. The zero-order valence-corrected chi connectivity index (χ0v) is 19.0.